The summed E-state index contributed by atoms with van der Waals surface area (Å²) in [6, 6.07) is 0. The smallest absolute Gasteiger partial charge is 0.307 e. The molecule has 0 heterocycles. The standard InChI is InChI=1S/C13H22O2/c1-4-5-6-7-8-9-10-11(12(14)15)13(10,2)3/h8-11H,4-7H2,1-3H3,(H,14,15)/b9-8+. The molecule has 1 aliphatic carbocycles. The Morgan fingerprint density at radius 1 is 1.40 bits per heavy atom. The van der Waals surface area contributed by atoms with Gasteiger partial charge in [0, 0.05) is 0 Å². The van der Waals surface area contributed by atoms with Crippen LogP contribution >= 0.6 is 0 Å². The lowest BCUT2D eigenvalue weighted by Gasteiger charge is -1.96. The number of hydrogen-bond acceptors (Lipinski definition) is 1. The zero-order valence-corrected chi connectivity index (χ0v) is 9.99. The van der Waals surface area contributed by atoms with E-state index in [0.29, 0.717) is 0 Å². The lowest BCUT2D eigenvalue weighted by Crippen LogP contribution is -2.02. The van der Waals surface area contributed by atoms with Crippen LogP contribution in [0.15, 0.2) is 12.2 Å². The third-order valence-electron chi connectivity index (χ3n) is 3.49. The summed E-state index contributed by atoms with van der Waals surface area (Å²) in [4.78, 5) is 10.9. The second-order valence-corrected chi connectivity index (χ2v) is 5.09. The van der Waals surface area contributed by atoms with Crippen molar-refractivity contribution < 1.29 is 9.90 Å². The molecule has 0 aliphatic heterocycles. The zero-order valence-electron chi connectivity index (χ0n) is 9.99. The number of carboxylic acid groups (broad SMARTS) is 1. The van der Waals surface area contributed by atoms with Gasteiger partial charge in [0.15, 0.2) is 0 Å². The van der Waals surface area contributed by atoms with Gasteiger partial charge in [-0.3, -0.25) is 4.79 Å². The molecule has 1 N–H and O–H groups in total. The molecular weight excluding hydrogens is 188 g/mol. The molecule has 0 amide bonds. The van der Waals surface area contributed by atoms with Crippen molar-refractivity contribution in [2.24, 2.45) is 17.3 Å². The molecule has 86 valence electrons. The fourth-order valence-electron chi connectivity index (χ4n) is 2.26. The van der Waals surface area contributed by atoms with Crippen molar-refractivity contribution in [3.05, 3.63) is 12.2 Å². The first kappa shape index (κ1) is 12.3. The molecule has 2 atom stereocenters. The highest BCUT2D eigenvalue weighted by atomic mass is 16.4. The number of unbranched alkanes of at least 4 members (excludes halogenated alkanes) is 3. The summed E-state index contributed by atoms with van der Waals surface area (Å²) in [6.45, 7) is 6.26. The Hall–Kier alpha value is -0.790. The Labute approximate surface area is 92.4 Å². The van der Waals surface area contributed by atoms with E-state index >= 15 is 0 Å². The quantitative estimate of drug-likeness (QED) is 0.538. The van der Waals surface area contributed by atoms with Gasteiger partial charge >= 0.3 is 5.97 Å². The summed E-state index contributed by atoms with van der Waals surface area (Å²) >= 11 is 0. The number of allylic oxidation sites excluding steroid dienone is 2. The van der Waals surface area contributed by atoms with Gasteiger partial charge < -0.3 is 5.11 Å². The fourth-order valence-corrected chi connectivity index (χ4v) is 2.26. The van der Waals surface area contributed by atoms with Crippen LogP contribution in [0.1, 0.15) is 46.5 Å². The van der Waals surface area contributed by atoms with Crippen LogP contribution in [0.3, 0.4) is 0 Å². The molecule has 0 bridgehead atoms. The van der Waals surface area contributed by atoms with E-state index in [1.54, 1.807) is 0 Å². The third-order valence-corrected chi connectivity index (χ3v) is 3.49. The van der Waals surface area contributed by atoms with Gasteiger partial charge in [0.05, 0.1) is 5.92 Å². The molecule has 2 nitrogen and oxygen atoms in total. The Kier molecular flexibility index (Phi) is 3.95. The predicted octanol–water partition coefficient (Wildman–Crippen LogP) is 3.48. The maximum atomic E-state index is 10.9. The Morgan fingerprint density at radius 3 is 2.53 bits per heavy atom. The molecule has 2 heteroatoms. The molecule has 0 saturated heterocycles. The van der Waals surface area contributed by atoms with E-state index in [2.05, 4.69) is 19.1 Å². The van der Waals surface area contributed by atoms with E-state index in [9.17, 15) is 4.79 Å². The minimum atomic E-state index is -0.650. The summed E-state index contributed by atoms with van der Waals surface area (Å²) in [5.74, 6) is -0.570. The Balaban J connectivity index is 2.31. The van der Waals surface area contributed by atoms with E-state index < -0.39 is 5.97 Å². The van der Waals surface area contributed by atoms with Crippen molar-refractivity contribution in [1.29, 1.82) is 0 Å². The molecule has 0 radical (unpaired) electrons. The monoisotopic (exact) mass is 210 g/mol. The summed E-state index contributed by atoms with van der Waals surface area (Å²) < 4.78 is 0. The van der Waals surface area contributed by atoms with Crippen LogP contribution in [-0.4, -0.2) is 11.1 Å². The molecule has 2 unspecified atom stereocenters. The summed E-state index contributed by atoms with van der Waals surface area (Å²) in [5, 5.41) is 8.97. The highest BCUT2D eigenvalue weighted by Crippen LogP contribution is 2.59. The molecule has 0 aromatic carbocycles. The van der Waals surface area contributed by atoms with Gasteiger partial charge in [-0.1, -0.05) is 45.8 Å². The first-order chi connectivity index (χ1) is 7.01. The molecule has 0 aromatic rings. The SMILES string of the molecule is CCCCC/C=C/C1C(C(=O)O)C1(C)C. The van der Waals surface area contributed by atoms with Crippen molar-refractivity contribution in [2.75, 3.05) is 0 Å². The normalized spacial score (nSPS) is 28.2. The van der Waals surface area contributed by atoms with E-state index in [-0.39, 0.29) is 17.3 Å². The minimum absolute atomic E-state index is 0.0346. The van der Waals surface area contributed by atoms with Gasteiger partial charge in [0.1, 0.15) is 0 Å². The van der Waals surface area contributed by atoms with Crippen molar-refractivity contribution in [3.63, 3.8) is 0 Å². The molecule has 1 rings (SSSR count). The molecule has 1 fully saturated rings. The van der Waals surface area contributed by atoms with Crippen molar-refractivity contribution in [3.8, 4) is 0 Å². The highest BCUT2D eigenvalue weighted by molar-refractivity contribution is 5.76. The van der Waals surface area contributed by atoms with Crippen LogP contribution in [0.2, 0.25) is 0 Å². The summed E-state index contributed by atoms with van der Waals surface area (Å²) in [6.07, 6.45) is 9.07. The van der Waals surface area contributed by atoms with Crippen LogP contribution in [-0.2, 0) is 4.79 Å². The van der Waals surface area contributed by atoms with Crippen molar-refractivity contribution in [1.82, 2.24) is 0 Å². The number of rotatable bonds is 6. The van der Waals surface area contributed by atoms with E-state index in [4.69, 9.17) is 5.11 Å². The van der Waals surface area contributed by atoms with E-state index in [1.807, 2.05) is 13.8 Å². The van der Waals surface area contributed by atoms with E-state index in [1.165, 1.54) is 19.3 Å². The Morgan fingerprint density at radius 2 is 2.07 bits per heavy atom. The first-order valence-corrected chi connectivity index (χ1v) is 5.91. The molecule has 0 spiro atoms. The summed E-state index contributed by atoms with van der Waals surface area (Å²) in [7, 11) is 0. The number of carboxylic acids is 1. The van der Waals surface area contributed by atoms with Crippen LogP contribution < -0.4 is 0 Å². The molecule has 1 aliphatic rings. The van der Waals surface area contributed by atoms with Crippen LogP contribution in [0.25, 0.3) is 0 Å². The van der Waals surface area contributed by atoms with Crippen molar-refractivity contribution >= 4 is 5.97 Å². The average molecular weight is 210 g/mol. The maximum absolute atomic E-state index is 10.9. The van der Waals surface area contributed by atoms with Gasteiger partial charge in [0.2, 0.25) is 0 Å². The number of aliphatic carboxylic acids is 1. The predicted molar refractivity (Wildman–Crippen MR) is 61.7 cm³/mol. The molecule has 1 saturated carbocycles. The topological polar surface area (TPSA) is 37.3 Å². The number of hydrogen-bond donors (Lipinski definition) is 1. The first-order valence-electron chi connectivity index (χ1n) is 5.91. The lowest BCUT2D eigenvalue weighted by atomic mass is 10.1. The van der Waals surface area contributed by atoms with Gasteiger partial charge in [-0.25, -0.2) is 0 Å². The minimum Gasteiger partial charge on any atom is -0.481 e. The van der Waals surface area contributed by atoms with Gasteiger partial charge in [-0.15, -0.1) is 0 Å². The summed E-state index contributed by atoms with van der Waals surface area (Å²) in [5.41, 5.74) is -0.0346. The van der Waals surface area contributed by atoms with Crippen LogP contribution in [0.5, 0.6) is 0 Å². The molecular formula is C13H22O2. The molecule has 15 heavy (non-hydrogen) atoms. The fraction of sp³-hybridized carbons (Fsp3) is 0.769. The van der Waals surface area contributed by atoms with Crippen LogP contribution in [0.4, 0.5) is 0 Å². The van der Waals surface area contributed by atoms with E-state index in [0.717, 1.165) is 6.42 Å². The third kappa shape index (κ3) is 2.83. The zero-order chi connectivity index (χ0) is 11.5. The largest absolute Gasteiger partial charge is 0.481 e. The number of carbonyl (C=O) groups is 1. The van der Waals surface area contributed by atoms with Gasteiger partial charge in [-0.05, 0) is 24.2 Å². The lowest BCUT2D eigenvalue weighted by molar-refractivity contribution is -0.139. The van der Waals surface area contributed by atoms with Gasteiger partial charge in [-0.2, -0.15) is 0 Å². The molecule has 0 aromatic heterocycles. The highest BCUT2D eigenvalue weighted by Gasteiger charge is 2.60. The second kappa shape index (κ2) is 4.82. The second-order valence-electron chi connectivity index (χ2n) is 5.09. The Bertz CT molecular complexity index is 253. The average Bonchev–Trinajstić information content (AvgIpc) is 2.68. The van der Waals surface area contributed by atoms with Gasteiger partial charge in [0.25, 0.3) is 0 Å². The maximum Gasteiger partial charge on any atom is 0.307 e. The van der Waals surface area contributed by atoms with Crippen molar-refractivity contribution in [2.45, 2.75) is 46.5 Å². The van der Waals surface area contributed by atoms with Crippen LogP contribution in [0, 0.1) is 17.3 Å².